The average molecular weight is 465 g/mol. The second-order valence-electron chi connectivity index (χ2n) is 7.14. The number of para-hydroxylation sites is 2. The first-order valence-corrected chi connectivity index (χ1v) is 11.9. The molecule has 1 heterocycles. The van der Waals surface area contributed by atoms with E-state index in [-0.39, 0.29) is 4.90 Å². The van der Waals surface area contributed by atoms with Crippen molar-refractivity contribution in [3.8, 4) is 5.75 Å². The van der Waals surface area contributed by atoms with Gasteiger partial charge in [-0.3, -0.25) is 9.62 Å². The van der Waals surface area contributed by atoms with Crippen LogP contribution < -0.4 is 20.1 Å². The molecule has 0 saturated carbocycles. The number of morpholine rings is 1. The lowest BCUT2D eigenvalue weighted by molar-refractivity contribution is 0.0389. The lowest BCUT2D eigenvalue weighted by Gasteiger charge is -2.26. The van der Waals surface area contributed by atoms with Crippen LogP contribution in [-0.2, 0) is 14.8 Å². The number of methoxy groups -OCH3 is 1. The maximum Gasteiger partial charge on any atom is 0.264 e. The molecule has 0 aromatic heterocycles. The predicted octanol–water partition coefficient (Wildman–Crippen LogP) is 2.42. The predicted molar refractivity (Wildman–Crippen MR) is 126 cm³/mol. The van der Waals surface area contributed by atoms with Gasteiger partial charge in [0, 0.05) is 26.2 Å². The molecule has 3 rings (SSSR count). The highest BCUT2D eigenvalue weighted by molar-refractivity contribution is 7.93. The average Bonchev–Trinajstić information content (AvgIpc) is 2.76. The van der Waals surface area contributed by atoms with Crippen molar-refractivity contribution >= 4 is 38.7 Å². The van der Waals surface area contributed by atoms with Crippen LogP contribution in [0.2, 0.25) is 0 Å². The maximum atomic E-state index is 13.2. The van der Waals surface area contributed by atoms with Crippen molar-refractivity contribution in [1.29, 1.82) is 0 Å². The summed E-state index contributed by atoms with van der Waals surface area (Å²) >= 11 is 5.39. The summed E-state index contributed by atoms with van der Waals surface area (Å²) < 4.78 is 39.5. The van der Waals surface area contributed by atoms with Crippen LogP contribution in [0.4, 0.5) is 11.4 Å². The van der Waals surface area contributed by atoms with Crippen LogP contribution in [0, 0.1) is 6.92 Å². The van der Waals surface area contributed by atoms with E-state index in [0.29, 0.717) is 28.8 Å². The molecule has 0 bridgehead atoms. The Morgan fingerprint density at radius 3 is 2.65 bits per heavy atom. The third-order valence-corrected chi connectivity index (χ3v) is 6.50. The van der Waals surface area contributed by atoms with Gasteiger partial charge in [0.25, 0.3) is 10.0 Å². The minimum atomic E-state index is -3.88. The molecule has 3 N–H and O–H groups in total. The Hall–Kier alpha value is -2.40. The van der Waals surface area contributed by atoms with Gasteiger partial charge >= 0.3 is 0 Å². The van der Waals surface area contributed by atoms with E-state index >= 15 is 0 Å². The molecule has 0 radical (unpaired) electrons. The molecule has 1 aliphatic heterocycles. The number of anilines is 2. The number of nitrogens with zero attached hydrogens (tertiary/aromatic N) is 1. The smallest absolute Gasteiger partial charge is 0.264 e. The first kappa shape index (κ1) is 23.3. The van der Waals surface area contributed by atoms with Gasteiger partial charge in [0.15, 0.2) is 5.11 Å². The SMILES string of the molecule is COc1ccccc1NS(=O)(=O)c1cc(C)ccc1NC(=S)NCCN1CCOCC1. The van der Waals surface area contributed by atoms with E-state index in [1.54, 1.807) is 36.4 Å². The Morgan fingerprint density at radius 1 is 1.16 bits per heavy atom. The molecule has 2 aromatic carbocycles. The number of benzene rings is 2. The van der Waals surface area contributed by atoms with Crippen molar-refractivity contribution in [2.75, 3.05) is 56.5 Å². The lowest BCUT2D eigenvalue weighted by atomic mass is 10.2. The van der Waals surface area contributed by atoms with Crippen molar-refractivity contribution in [2.45, 2.75) is 11.8 Å². The van der Waals surface area contributed by atoms with Crippen LogP contribution in [-0.4, -0.2) is 64.9 Å². The quantitative estimate of drug-likeness (QED) is 0.513. The molecule has 2 aromatic rings. The van der Waals surface area contributed by atoms with Gasteiger partial charge in [-0.1, -0.05) is 18.2 Å². The Bertz CT molecular complexity index is 1010. The van der Waals surface area contributed by atoms with Crippen LogP contribution in [0.15, 0.2) is 47.4 Å². The van der Waals surface area contributed by atoms with Gasteiger partial charge in [-0.05, 0) is 49.0 Å². The van der Waals surface area contributed by atoms with Gasteiger partial charge in [-0.15, -0.1) is 0 Å². The summed E-state index contributed by atoms with van der Waals surface area (Å²) in [6, 6.07) is 12.0. The molecule has 1 saturated heterocycles. The molecule has 168 valence electrons. The number of rotatable bonds is 8. The maximum absolute atomic E-state index is 13.2. The topological polar surface area (TPSA) is 91.9 Å². The fourth-order valence-corrected chi connectivity index (χ4v) is 4.73. The van der Waals surface area contributed by atoms with Crippen molar-refractivity contribution in [1.82, 2.24) is 10.2 Å². The van der Waals surface area contributed by atoms with E-state index in [0.717, 1.165) is 38.4 Å². The first-order valence-electron chi connectivity index (χ1n) is 10.0. The summed E-state index contributed by atoms with van der Waals surface area (Å²) in [5.74, 6) is 0.438. The van der Waals surface area contributed by atoms with E-state index < -0.39 is 10.0 Å². The first-order chi connectivity index (χ1) is 14.9. The van der Waals surface area contributed by atoms with Crippen molar-refractivity contribution in [3.63, 3.8) is 0 Å². The molecule has 0 unspecified atom stereocenters. The lowest BCUT2D eigenvalue weighted by Crippen LogP contribution is -2.42. The van der Waals surface area contributed by atoms with E-state index in [1.807, 2.05) is 13.0 Å². The third-order valence-electron chi connectivity index (χ3n) is 4.84. The Kier molecular flexibility index (Phi) is 8.08. The number of hydrogen-bond acceptors (Lipinski definition) is 6. The van der Waals surface area contributed by atoms with Crippen molar-refractivity contribution < 1.29 is 17.9 Å². The summed E-state index contributed by atoms with van der Waals surface area (Å²) in [5.41, 5.74) is 1.58. The van der Waals surface area contributed by atoms with Crippen LogP contribution in [0.25, 0.3) is 0 Å². The Labute approximate surface area is 189 Å². The highest BCUT2D eigenvalue weighted by atomic mass is 32.2. The molecule has 0 spiro atoms. The van der Waals surface area contributed by atoms with Gasteiger partial charge < -0.3 is 20.1 Å². The molecule has 1 aliphatic rings. The van der Waals surface area contributed by atoms with Gasteiger partial charge in [-0.25, -0.2) is 8.42 Å². The number of nitrogens with one attached hydrogen (secondary N) is 3. The van der Waals surface area contributed by atoms with Gasteiger partial charge in [0.05, 0.1) is 31.7 Å². The Morgan fingerprint density at radius 2 is 1.90 bits per heavy atom. The summed E-state index contributed by atoms with van der Waals surface area (Å²) in [6.07, 6.45) is 0. The number of aryl methyl sites for hydroxylation is 1. The number of ether oxygens (including phenoxy) is 2. The van der Waals surface area contributed by atoms with Crippen molar-refractivity contribution in [3.05, 3.63) is 48.0 Å². The van der Waals surface area contributed by atoms with E-state index in [2.05, 4.69) is 20.3 Å². The molecule has 0 amide bonds. The summed E-state index contributed by atoms with van der Waals surface area (Å²) in [4.78, 5) is 2.40. The summed E-state index contributed by atoms with van der Waals surface area (Å²) in [6.45, 7) is 6.61. The zero-order valence-corrected chi connectivity index (χ0v) is 19.3. The minimum absolute atomic E-state index is 0.107. The summed E-state index contributed by atoms with van der Waals surface area (Å²) in [7, 11) is -2.39. The van der Waals surface area contributed by atoms with Gasteiger partial charge in [-0.2, -0.15) is 0 Å². The van der Waals surface area contributed by atoms with Gasteiger partial charge in [0.1, 0.15) is 10.6 Å². The molecule has 8 nitrogen and oxygen atoms in total. The monoisotopic (exact) mass is 464 g/mol. The molecule has 0 aliphatic carbocycles. The van der Waals surface area contributed by atoms with Crippen molar-refractivity contribution in [2.24, 2.45) is 0 Å². The third kappa shape index (κ3) is 6.54. The molecule has 0 atom stereocenters. The fraction of sp³-hybridized carbons (Fsp3) is 0.381. The Balaban J connectivity index is 1.70. The zero-order valence-electron chi connectivity index (χ0n) is 17.7. The zero-order chi connectivity index (χ0) is 22.3. The molecule has 1 fully saturated rings. The largest absolute Gasteiger partial charge is 0.495 e. The van der Waals surface area contributed by atoms with E-state index in [4.69, 9.17) is 21.7 Å². The highest BCUT2D eigenvalue weighted by Crippen LogP contribution is 2.29. The molecule has 10 heteroatoms. The molecule has 31 heavy (non-hydrogen) atoms. The number of hydrogen-bond donors (Lipinski definition) is 3. The molecular formula is C21H28N4O4S2. The summed E-state index contributed by atoms with van der Waals surface area (Å²) in [5, 5.41) is 6.53. The fourth-order valence-electron chi connectivity index (χ4n) is 3.20. The normalized spacial score (nSPS) is 14.6. The van der Waals surface area contributed by atoms with E-state index in [1.165, 1.54) is 7.11 Å². The number of sulfonamides is 1. The molecular weight excluding hydrogens is 436 g/mol. The second kappa shape index (κ2) is 10.8. The van der Waals surface area contributed by atoms with Gasteiger partial charge in [0.2, 0.25) is 0 Å². The number of thiocarbonyl (C=S) groups is 1. The highest BCUT2D eigenvalue weighted by Gasteiger charge is 2.21. The van der Waals surface area contributed by atoms with Crippen LogP contribution in [0.3, 0.4) is 0 Å². The van der Waals surface area contributed by atoms with Crippen LogP contribution in [0.5, 0.6) is 5.75 Å². The van der Waals surface area contributed by atoms with E-state index in [9.17, 15) is 8.42 Å². The minimum Gasteiger partial charge on any atom is -0.495 e. The van der Waals surface area contributed by atoms with Crippen LogP contribution >= 0.6 is 12.2 Å². The second-order valence-corrected chi connectivity index (χ2v) is 9.20. The van der Waals surface area contributed by atoms with Crippen LogP contribution in [0.1, 0.15) is 5.56 Å². The standard InChI is InChI=1S/C21H28N4O4S2/c1-16-7-8-18(23-21(30)22-9-10-25-11-13-29-14-12-25)20(15-16)31(26,27)24-17-5-3-4-6-19(17)28-2/h3-8,15,24H,9-14H2,1-2H3,(H2,22,23,30).